The second-order valence-corrected chi connectivity index (χ2v) is 5.35. The minimum atomic E-state index is -0.323. The fraction of sp³-hybridized carbons (Fsp3) is 0.118. The first-order valence-corrected chi connectivity index (χ1v) is 6.99. The summed E-state index contributed by atoms with van der Waals surface area (Å²) in [7, 11) is 0. The van der Waals surface area contributed by atoms with Crippen molar-refractivity contribution in [3.8, 4) is 11.4 Å². The molecule has 21 heavy (non-hydrogen) atoms. The maximum Gasteiger partial charge on any atom is 0.308 e. The lowest BCUT2D eigenvalue weighted by Gasteiger charge is -2.09. The van der Waals surface area contributed by atoms with E-state index in [-0.39, 0.29) is 5.97 Å². The Balaban J connectivity index is 2.18. The predicted molar refractivity (Wildman–Crippen MR) is 84.3 cm³/mol. The summed E-state index contributed by atoms with van der Waals surface area (Å²) in [6.07, 6.45) is 0. The van der Waals surface area contributed by atoms with E-state index in [0.29, 0.717) is 10.8 Å². The monoisotopic (exact) mass is 299 g/mol. The van der Waals surface area contributed by atoms with Crippen LogP contribution >= 0.6 is 11.6 Å². The molecule has 106 valence electrons. The van der Waals surface area contributed by atoms with E-state index in [1.807, 2.05) is 43.3 Å². The molecular formula is C17H14ClNO2. The van der Waals surface area contributed by atoms with Crippen molar-refractivity contribution in [3.63, 3.8) is 0 Å². The SMILES string of the molecule is CC(=O)Oc1ccc2cc(C)n(-c3ccc(Cl)cc3)c2c1. The zero-order valence-electron chi connectivity index (χ0n) is 11.8. The summed E-state index contributed by atoms with van der Waals surface area (Å²) in [5, 5.41) is 1.80. The van der Waals surface area contributed by atoms with Crippen molar-refractivity contribution in [1.29, 1.82) is 0 Å². The second-order valence-electron chi connectivity index (χ2n) is 4.91. The molecule has 4 heteroatoms. The first-order chi connectivity index (χ1) is 10.0. The standard InChI is InChI=1S/C17H14ClNO2/c1-11-9-13-3-8-16(21-12(2)20)10-17(13)19(11)15-6-4-14(18)5-7-15/h3-10H,1-2H3. The number of hydrogen-bond acceptors (Lipinski definition) is 2. The van der Waals surface area contributed by atoms with Gasteiger partial charge in [-0.05, 0) is 49.4 Å². The normalized spacial score (nSPS) is 10.8. The van der Waals surface area contributed by atoms with Gasteiger partial charge in [-0.25, -0.2) is 0 Å². The van der Waals surface area contributed by atoms with Gasteiger partial charge < -0.3 is 9.30 Å². The first-order valence-electron chi connectivity index (χ1n) is 6.61. The Morgan fingerprint density at radius 1 is 1.10 bits per heavy atom. The Bertz CT molecular complexity index is 819. The third-order valence-corrected chi connectivity index (χ3v) is 3.56. The van der Waals surface area contributed by atoms with Crippen LogP contribution in [0.3, 0.4) is 0 Å². The van der Waals surface area contributed by atoms with Crippen molar-refractivity contribution >= 4 is 28.5 Å². The van der Waals surface area contributed by atoms with Crippen LogP contribution < -0.4 is 4.74 Å². The fourth-order valence-electron chi connectivity index (χ4n) is 2.48. The van der Waals surface area contributed by atoms with Gasteiger partial charge in [0.2, 0.25) is 0 Å². The average molecular weight is 300 g/mol. The van der Waals surface area contributed by atoms with Gasteiger partial charge in [0.1, 0.15) is 5.75 Å². The molecule has 1 heterocycles. The van der Waals surface area contributed by atoms with Gasteiger partial charge in [0.15, 0.2) is 0 Å². The minimum Gasteiger partial charge on any atom is -0.427 e. The molecule has 0 amide bonds. The maximum atomic E-state index is 11.1. The molecule has 0 spiro atoms. The predicted octanol–water partition coefficient (Wildman–Crippen LogP) is 4.52. The summed E-state index contributed by atoms with van der Waals surface area (Å²) in [6, 6.07) is 15.4. The molecule has 0 saturated heterocycles. The molecule has 0 aliphatic heterocycles. The van der Waals surface area contributed by atoms with Gasteiger partial charge in [0.25, 0.3) is 0 Å². The number of nitrogens with zero attached hydrogens (tertiary/aromatic N) is 1. The van der Waals surface area contributed by atoms with Gasteiger partial charge >= 0.3 is 5.97 Å². The molecule has 0 N–H and O–H groups in total. The number of fused-ring (bicyclic) bond motifs is 1. The number of carbonyl (C=O) groups excluding carboxylic acids is 1. The van der Waals surface area contributed by atoms with Crippen LogP contribution in [0.25, 0.3) is 16.6 Å². The smallest absolute Gasteiger partial charge is 0.308 e. The quantitative estimate of drug-likeness (QED) is 0.515. The van der Waals surface area contributed by atoms with Crippen molar-refractivity contribution in [1.82, 2.24) is 4.57 Å². The van der Waals surface area contributed by atoms with E-state index >= 15 is 0 Å². The molecule has 3 rings (SSSR count). The third kappa shape index (κ3) is 2.65. The van der Waals surface area contributed by atoms with Gasteiger partial charge in [-0.1, -0.05) is 11.6 Å². The number of esters is 1. The van der Waals surface area contributed by atoms with E-state index in [1.54, 1.807) is 6.07 Å². The average Bonchev–Trinajstić information content (AvgIpc) is 2.75. The van der Waals surface area contributed by atoms with Crippen molar-refractivity contribution < 1.29 is 9.53 Å². The summed E-state index contributed by atoms with van der Waals surface area (Å²) < 4.78 is 7.28. The third-order valence-electron chi connectivity index (χ3n) is 3.31. The van der Waals surface area contributed by atoms with Gasteiger partial charge in [-0.3, -0.25) is 4.79 Å². The van der Waals surface area contributed by atoms with Gasteiger partial charge in [-0.2, -0.15) is 0 Å². The summed E-state index contributed by atoms with van der Waals surface area (Å²) in [4.78, 5) is 11.1. The summed E-state index contributed by atoms with van der Waals surface area (Å²) in [5.74, 6) is 0.221. The van der Waals surface area contributed by atoms with Crippen LogP contribution in [0, 0.1) is 6.92 Å². The fourth-order valence-corrected chi connectivity index (χ4v) is 2.61. The Morgan fingerprint density at radius 3 is 2.48 bits per heavy atom. The summed E-state index contributed by atoms with van der Waals surface area (Å²) in [6.45, 7) is 3.44. The lowest BCUT2D eigenvalue weighted by atomic mass is 10.2. The highest BCUT2D eigenvalue weighted by Gasteiger charge is 2.09. The van der Waals surface area contributed by atoms with E-state index in [4.69, 9.17) is 16.3 Å². The Hall–Kier alpha value is -2.26. The first kappa shape index (κ1) is 13.7. The minimum absolute atomic E-state index is 0.323. The van der Waals surface area contributed by atoms with E-state index in [2.05, 4.69) is 10.6 Å². The van der Waals surface area contributed by atoms with Crippen LogP contribution in [-0.4, -0.2) is 10.5 Å². The molecule has 3 nitrogen and oxygen atoms in total. The topological polar surface area (TPSA) is 31.2 Å². The molecule has 0 aliphatic carbocycles. The molecule has 0 aliphatic rings. The Labute approximate surface area is 127 Å². The number of aromatic nitrogens is 1. The lowest BCUT2D eigenvalue weighted by Crippen LogP contribution is -2.01. The lowest BCUT2D eigenvalue weighted by molar-refractivity contribution is -0.131. The molecule has 0 atom stereocenters. The van der Waals surface area contributed by atoms with Gasteiger partial charge in [0, 0.05) is 34.8 Å². The number of aryl methyl sites for hydroxylation is 1. The van der Waals surface area contributed by atoms with Crippen molar-refractivity contribution in [2.45, 2.75) is 13.8 Å². The molecule has 3 aromatic rings. The number of halogens is 1. The molecular weight excluding hydrogens is 286 g/mol. The zero-order chi connectivity index (χ0) is 15.0. The van der Waals surface area contributed by atoms with Crippen LogP contribution in [-0.2, 0) is 4.79 Å². The number of rotatable bonds is 2. The highest BCUT2D eigenvalue weighted by atomic mass is 35.5. The molecule has 0 bridgehead atoms. The van der Waals surface area contributed by atoms with E-state index in [0.717, 1.165) is 22.3 Å². The highest BCUT2D eigenvalue weighted by Crippen LogP contribution is 2.28. The molecule has 0 radical (unpaired) electrons. The number of hydrogen-bond donors (Lipinski definition) is 0. The van der Waals surface area contributed by atoms with Gasteiger partial charge in [-0.15, -0.1) is 0 Å². The number of carbonyl (C=O) groups is 1. The summed E-state index contributed by atoms with van der Waals surface area (Å²) in [5.41, 5.74) is 3.12. The van der Waals surface area contributed by atoms with Crippen LogP contribution in [0.15, 0.2) is 48.5 Å². The number of ether oxygens (including phenoxy) is 1. The van der Waals surface area contributed by atoms with Crippen LogP contribution in [0.1, 0.15) is 12.6 Å². The van der Waals surface area contributed by atoms with E-state index < -0.39 is 0 Å². The molecule has 0 unspecified atom stereocenters. The number of benzene rings is 2. The highest BCUT2D eigenvalue weighted by molar-refractivity contribution is 6.30. The van der Waals surface area contributed by atoms with Crippen molar-refractivity contribution in [2.75, 3.05) is 0 Å². The zero-order valence-corrected chi connectivity index (χ0v) is 12.5. The van der Waals surface area contributed by atoms with Crippen LogP contribution in [0.4, 0.5) is 0 Å². The molecule has 1 aromatic heterocycles. The second kappa shape index (κ2) is 5.26. The van der Waals surface area contributed by atoms with Crippen molar-refractivity contribution in [2.24, 2.45) is 0 Å². The molecule has 0 fully saturated rings. The Morgan fingerprint density at radius 2 is 1.81 bits per heavy atom. The van der Waals surface area contributed by atoms with E-state index in [1.165, 1.54) is 6.92 Å². The van der Waals surface area contributed by atoms with Crippen molar-refractivity contribution in [3.05, 3.63) is 59.2 Å². The van der Waals surface area contributed by atoms with E-state index in [9.17, 15) is 4.79 Å². The summed E-state index contributed by atoms with van der Waals surface area (Å²) >= 11 is 5.95. The van der Waals surface area contributed by atoms with Gasteiger partial charge in [0.05, 0.1) is 5.52 Å². The van der Waals surface area contributed by atoms with Crippen LogP contribution in [0.2, 0.25) is 5.02 Å². The largest absolute Gasteiger partial charge is 0.427 e. The maximum absolute atomic E-state index is 11.1. The molecule has 0 saturated carbocycles. The molecule has 2 aromatic carbocycles. The Kier molecular flexibility index (Phi) is 3.43. The van der Waals surface area contributed by atoms with Crippen LogP contribution in [0.5, 0.6) is 5.75 Å².